The van der Waals surface area contributed by atoms with Crippen LogP contribution >= 0.6 is 0 Å². The molecule has 0 aromatic heterocycles. The largest absolute Gasteiger partial charge is 0.507 e. The first-order chi connectivity index (χ1) is 10.0. The van der Waals surface area contributed by atoms with Crippen molar-refractivity contribution in [3.8, 4) is 5.75 Å². The maximum absolute atomic E-state index is 10.3. The zero-order valence-electron chi connectivity index (χ0n) is 13.2. The van der Waals surface area contributed by atoms with Gasteiger partial charge in [-0.2, -0.15) is 0 Å². The summed E-state index contributed by atoms with van der Waals surface area (Å²) in [6.07, 6.45) is 0.800. The Bertz CT molecular complexity index is 621. The van der Waals surface area contributed by atoms with Gasteiger partial charge < -0.3 is 5.11 Å². The first-order valence-corrected chi connectivity index (χ1v) is 7.45. The lowest BCUT2D eigenvalue weighted by atomic mass is 9.98. The van der Waals surface area contributed by atoms with Crippen LogP contribution in [0.25, 0.3) is 0 Å². The number of aliphatic imine (C=N–C) groups is 1. The fourth-order valence-electron chi connectivity index (χ4n) is 2.69. The van der Waals surface area contributed by atoms with Crippen LogP contribution in [0.3, 0.4) is 0 Å². The van der Waals surface area contributed by atoms with E-state index in [0.29, 0.717) is 5.75 Å². The molecule has 0 radical (unpaired) electrons. The van der Waals surface area contributed by atoms with Crippen LogP contribution in [0.5, 0.6) is 5.75 Å². The molecule has 2 heteroatoms. The van der Waals surface area contributed by atoms with Gasteiger partial charge in [-0.3, -0.25) is 4.99 Å². The minimum atomic E-state index is 0.0845. The molecule has 0 saturated carbocycles. The Labute approximate surface area is 127 Å². The van der Waals surface area contributed by atoms with Crippen molar-refractivity contribution in [1.29, 1.82) is 0 Å². The van der Waals surface area contributed by atoms with Crippen molar-refractivity contribution in [2.45, 2.75) is 40.2 Å². The predicted molar refractivity (Wildman–Crippen MR) is 89.3 cm³/mol. The molecule has 0 bridgehead atoms. The van der Waals surface area contributed by atoms with E-state index in [1.807, 2.05) is 32.0 Å². The van der Waals surface area contributed by atoms with E-state index in [1.165, 1.54) is 5.56 Å². The molecular formula is C19H23NO. The molecule has 0 spiro atoms. The highest BCUT2D eigenvalue weighted by molar-refractivity contribution is 6.04. The molecule has 2 aromatic carbocycles. The topological polar surface area (TPSA) is 32.6 Å². The van der Waals surface area contributed by atoms with E-state index in [2.05, 4.69) is 32.0 Å². The Morgan fingerprint density at radius 2 is 1.81 bits per heavy atom. The maximum Gasteiger partial charge on any atom is 0.125 e. The number of hydrogen-bond donors (Lipinski definition) is 1. The van der Waals surface area contributed by atoms with Gasteiger partial charge in [0.15, 0.2) is 0 Å². The average molecular weight is 281 g/mol. The zero-order valence-corrected chi connectivity index (χ0v) is 13.2. The summed E-state index contributed by atoms with van der Waals surface area (Å²) in [7, 11) is 0. The minimum absolute atomic E-state index is 0.0845. The number of aromatic hydroxyl groups is 1. The highest BCUT2D eigenvalue weighted by Crippen LogP contribution is 2.27. The molecule has 21 heavy (non-hydrogen) atoms. The van der Waals surface area contributed by atoms with Crippen LogP contribution in [0.4, 0.5) is 0 Å². The fraction of sp³-hybridized carbons (Fsp3) is 0.316. The molecule has 0 heterocycles. The highest BCUT2D eigenvalue weighted by atomic mass is 16.3. The molecule has 110 valence electrons. The third kappa shape index (κ3) is 3.52. The molecule has 0 fully saturated rings. The standard InChI is InChI=1S/C19H23NO/c1-5-17(19-14(3)11-13(2)12-18(19)21)20-15(4)16-9-7-6-8-10-16/h6-12,15,21H,5H2,1-4H3/t15-/m0/s1. The molecule has 2 rings (SSSR count). The fourth-order valence-corrected chi connectivity index (χ4v) is 2.69. The molecular weight excluding hydrogens is 258 g/mol. The van der Waals surface area contributed by atoms with Crippen LogP contribution in [0.2, 0.25) is 0 Å². The molecule has 0 amide bonds. The van der Waals surface area contributed by atoms with E-state index in [1.54, 1.807) is 6.07 Å². The van der Waals surface area contributed by atoms with Gasteiger partial charge in [-0.15, -0.1) is 0 Å². The Morgan fingerprint density at radius 3 is 2.38 bits per heavy atom. The number of nitrogens with zero attached hydrogens (tertiary/aromatic N) is 1. The van der Waals surface area contributed by atoms with E-state index in [0.717, 1.165) is 28.8 Å². The van der Waals surface area contributed by atoms with Crippen molar-refractivity contribution in [2.24, 2.45) is 4.99 Å². The van der Waals surface area contributed by atoms with Crippen LogP contribution in [0.15, 0.2) is 47.5 Å². The number of hydrogen-bond acceptors (Lipinski definition) is 2. The summed E-state index contributed by atoms with van der Waals surface area (Å²) in [5.74, 6) is 0.327. The van der Waals surface area contributed by atoms with Crippen LogP contribution in [-0.4, -0.2) is 10.8 Å². The Morgan fingerprint density at radius 1 is 1.14 bits per heavy atom. The molecule has 0 aliphatic carbocycles. The van der Waals surface area contributed by atoms with Crippen LogP contribution in [0.1, 0.15) is 48.6 Å². The van der Waals surface area contributed by atoms with Gasteiger partial charge in [-0.1, -0.05) is 43.3 Å². The number of aryl methyl sites for hydroxylation is 2. The van der Waals surface area contributed by atoms with Crippen LogP contribution in [0, 0.1) is 13.8 Å². The molecule has 0 unspecified atom stereocenters. The first kappa shape index (κ1) is 15.3. The Kier molecular flexibility index (Phi) is 4.79. The van der Waals surface area contributed by atoms with Gasteiger partial charge in [0.2, 0.25) is 0 Å². The summed E-state index contributed by atoms with van der Waals surface area (Å²) >= 11 is 0. The van der Waals surface area contributed by atoms with Gasteiger partial charge >= 0.3 is 0 Å². The van der Waals surface area contributed by atoms with E-state index >= 15 is 0 Å². The summed E-state index contributed by atoms with van der Waals surface area (Å²) < 4.78 is 0. The number of benzene rings is 2. The number of phenols is 1. The van der Waals surface area contributed by atoms with Crippen molar-refractivity contribution in [1.82, 2.24) is 0 Å². The molecule has 0 aliphatic rings. The molecule has 0 saturated heterocycles. The minimum Gasteiger partial charge on any atom is -0.507 e. The third-order valence-corrected chi connectivity index (χ3v) is 3.71. The van der Waals surface area contributed by atoms with E-state index in [4.69, 9.17) is 4.99 Å². The number of rotatable bonds is 4. The van der Waals surface area contributed by atoms with Gasteiger partial charge in [0.05, 0.1) is 6.04 Å². The summed E-state index contributed by atoms with van der Waals surface area (Å²) in [6, 6.07) is 14.2. The zero-order chi connectivity index (χ0) is 15.4. The summed E-state index contributed by atoms with van der Waals surface area (Å²) in [5.41, 5.74) is 5.17. The van der Waals surface area contributed by atoms with Crippen molar-refractivity contribution in [3.05, 3.63) is 64.7 Å². The van der Waals surface area contributed by atoms with Crippen molar-refractivity contribution >= 4 is 5.71 Å². The van der Waals surface area contributed by atoms with E-state index in [9.17, 15) is 5.11 Å². The lowest BCUT2D eigenvalue weighted by Crippen LogP contribution is -2.05. The van der Waals surface area contributed by atoms with Crippen molar-refractivity contribution < 1.29 is 5.11 Å². The SMILES string of the molecule is CCC(=N[C@@H](C)c1ccccc1)c1c(C)cc(C)cc1O. The van der Waals surface area contributed by atoms with Gasteiger partial charge in [0.25, 0.3) is 0 Å². The molecule has 0 aliphatic heterocycles. The van der Waals surface area contributed by atoms with Crippen LogP contribution in [-0.2, 0) is 0 Å². The second-order valence-electron chi connectivity index (χ2n) is 5.49. The normalized spacial score (nSPS) is 13.2. The summed E-state index contributed by atoms with van der Waals surface area (Å²) in [4.78, 5) is 4.84. The highest BCUT2D eigenvalue weighted by Gasteiger charge is 2.13. The number of phenolic OH excluding ortho intramolecular Hbond substituents is 1. The molecule has 2 aromatic rings. The smallest absolute Gasteiger partial charge is 0.125 e. The molecule has 2 nitrogen and oxygen atoms in total. The second-order valence-corrected chi connectivity index (χ2v) is 5.49. The monoisotopic (exact) mass is 281 g/mol. The predicted octanol–water partition coefficient (Wildman–Crippen LogP) is 4.97. The first-order valence-electron chi connectivity index (χ1n) is 7.45. The van der Waals surface area contributed by atoms with Crippen LogP contribution < -0.4 is 0 Å². The van der Waals surface area contributed by atoms with Crippen molar-refractivity contribution in [2.75, 3.05) is 0 Å². The average Bonchev–Trinajstić information content (AvgIpc) is 2.45. The van der Waals surface area contributed by atoms with Gasteiger partial charge in [-0.05, 0) is 49.9 Å². The Hall–Kier alpha value is -2.09. The molecule has 1 N–H and O–H groups in total. The van der Waals surface area contributed by atoms with E-state index in [-0.39, 0.29) is 6.04 Å². The third-order valence-electron chi connectivity index (χ3n) is 3.71. The summed E-state index contributed by atoms with van der Waals surface area (Å²) in [6.45, 7) is 8.19. The van der Waals surface area contributed by atoms with Gasteiger partial charge in [0, 0.05) is 11.3 Å². The lowest BCUT2D eigenvalue weighted by Gasteiger charge is -2.14. The Balaban J connectivity index is 2.43. The van der Waals surface area contributed by atoms with E-state index < -0.39 is 0 Å². The van der Waals surface area contributed by atoms with Gasteiger partial charge in [0.1, 0.15) is 5.75 Å². The van der Waals surface area contributed by atoms with Gasteiger partial charge in [-0.25, -0.2) is 0 Å². The van der Waals surface area contributed by atoms with Crippen molar-refractivity contribution in [3.63, 3.8) is 0 Å². The maximum atomic E-state index is 10.3. The lowest BCUT2D eigenvalue weighted by molar-refractivity contribution is 0.473. The molecule has 1 atom stereocenters. The quantitative estimate of drug-likeness (QED) is 0.788. The second kappa shape index (κ2) is 6.57. The summed E-state index contributed by atoms with van der Waals surface area (Å²) in [5, 5.41) is 10.3.